The lowest BCUT2D eigenvalue weighted by molar-refractivity contribution is 0.101. The molecule has 0 spiro atoms. The van der Waals surface area contributed by atoms with Gasteiger partial charge in [0.1, 0.15) is 5.69 Å². The minimum absolute atomic E-state index is 0.198. The first-order valence-electron chi connectivity index (χ1n) is 9.90. The summed E-state index contributed by atoms with van der Waals surface area (Å²) in [5, 5.41) is 16.7. The molecule has 3 heterocycles. The highest BCUT2D eigenvalue weighted by molar-refractivity contribution is 6.09. The van der Waals surface area contributed by atoms with E-state index < -0.39 is 0 Å². The summed E-state index contributed by atoms with van der Waals surface area (Å²) in [6, 6.07) is 14.1. The molecule has 5 aromatic rings. The molecule has 7 heteroatoms. The summed E-state index contributed by atoms with van der Waals surface area (Å²) < 4.78 is 1.63. The van der Waals surface area contributed by atoms with Crippen molar-refractivity contribution in [1.82, 2.24) is 25.0 Å². The minimum Gasteiger partial charge on any atom is -0.361 e. The fourth-order valence-corrected chi connectivity index (χ4v) is 3.82. The Hall–Kier alpha value is -3.87. The van der Waals surface area contributed by atoms with Crippen LogP contribution < -0.4 is 5.32 Å². The molecule has 2 aromatic carbocycles. The van der Waals surface area contributed by atoms with Crippen LogP contribution in [0.15, 0.2) is 54.9 Å². The lowest BCUT2D eigenvalue weighted by atomic mass is 9.99. The number of nitrogens with zero attached hydrogens (tertiary/aromatic N) is 3. The molecule has 0 aliphatic rings. The van der Waals surface area contributed by atoms with E-state index in [-0.39, 0.29) is 11.8 Å². The molecule has 3 N–H and O–H groups in total. The summed E-state index contributed by atoms with van der Waals surface area (Å²) in [4.78, 5) is 16.3. The summed E-state index contributed by atoms with van der Waals surface area (Å²) >= 11 is 0. The van der Waals surface area contributed by atoms with Crippen LogP contribution in [0.1, 0.15) is 35.9 Å². The van der Waals surface area contributed by atoms with Gasteiger partial charge in [-0.3, -0.25) is 14.6 Å². The van der Waals surface area contributed by atoms with Crippen molar-refractivity contribution < 1.29 is 4.79 Å². The molecule has 0 saturated heterocycles. The lowest BCUT2D eigenvalue weighted by Crippen LogP contribution is -2.16. The van der Waals surface area contributed by atoms with Crippen LogP contribution in [-0.4, -0.2) is 30.9 Å². The van der Waals surface area contributed by atoms with Crippen molar-refractivity contribution in [2.75, 3.05) is 5.32 Å². The summed E-state index contributed by atoms with van der Waals surface area (Å²) in [5.74, 6) is 0.0555. The van der Waals surface area contributed by atoms with Gasteiger partial charge in [-0.05, 0) is 47.4 Å². The molecule has 0 aliphatic carbocycles. The molecule has 3 aromatic heterocycles. The Kier molecular flexibility index (Phi) is 4.17. The van der Waals surface area contributed by atoms with Gasteiger partial charge in [0, 0.05) is 29.5 Å². The second kappa shape index (κ2) is 6.88. The number of benzene rings is 2. The minimum atomic E-state index is -0.198. The molecule has 0 fully saturated rings. The maximum Gasteiger partial charge on any atom is 0.273 e. The Morgan fingerprint density at radius 1 is 1.10 bits per heavy atom. The maximum absolute atomic E-state index is 13.0. The van der Waals surface area contributed by atoms with Crippen molar-refractivity contribution in [3.05, 3.63) is 66.2 Å². The number of anilines is 1. The zero-order valence-corrected chi connectivity index (χ0v) is 17.0. The number of fused-ring (bicyclic) bond motifs is 2. The van der Waals surface area contributed by atoms with Crippen LogP contribution in [0.4, 0.5) is 5.69 Å². The van der Waals surface area contributed by atoms with Crippen molar-refractivity contribution in [2.24, 2.45) is 7.05 Å². The molecular formula is C23H22N6O. The van der Waals surface area contributed by atoms with E-state index in [1.165, 1.54) is 0 Å². The number of hydrogen-bond donors (Lipinski definition) is 3. The van der Waals surface area contributed by atoms with Crippen molar-refractivity contribution in [3.8, 4) is 11.1 Å². The van der Waals surface area contributed by atoms with Gasteiger partial charge in [0.2, 0.25) is 0 Å². The quantitative estimate of drug-likeness (QED) is 0.405. The predicted molar refractivity (Wildman–Crippen MR) is 119 cm³/mol. The number of nitrogens with one attached hydrogen (secondary N) is 3. The Bertz CT molecular complexity index is 1390. The molecule has 150 valence electrons. The van der Waals surface area contributed by atoms with Crippen LogP contribution in [0, 0.1) is 0 Å². The van der Waals surface area contributed by atoms with Crippen LogP contribution in [-0.2, 0) is 7.05 Å². The molecule has 5 rings (SSSR count). The average Bonchev–Trinajstić information content (AvgIpc) is 3.46. The monoisotopic (exact) mass is 398 g/mol. The van der Waals surface area contributed by atoms with E-state index in [2.05, 4.69) is 57.6 Å². The van der Waals surface area contributed by atoms with Gasteiger partial charge in [0.05, 0.1) is 23.1 Å². The van der Waals surface area contributed by atoms with Crippen LogP contribution >= 0.6 is 0 Å². The smallest absolute Gasteiger partial charge is 0.273 e. The van der Waals surface area contributed by atoms with Crippen molar-refractivity contribution in [3.63, 3.8) is 0 Å². The third-order valence-electron chi connectivity index (χ3n) is 5.44. The first-order valence-corrected chi connectivity index (χ1v) is 9.90. The van der Waals surface area contributed by atoms with Gasteiger partial charge in [-0.1, -0.05) is 26.0 Å². The number of aryl methyl sites for hydroxylation is 1. The zero-order valence-electron chi connectivity index (χ0n) is 17.0. The fraction of sp³-hybridized carbons (Fsp3) is 0.174. The molecule has 0 saturated carbocycles. The second-order valence-electron chi connectivity index (χ2n) is 7.79. The van der Waals surface area contributed by atoms with Crippen LogP contribution in [0.2, 0.25) is 0 Å². The van der Waals surface area contributed by atoms with Crippen molar-refractivity contribution >= 4 is 33.4 Å². The fourth-order valence-electron chi connectivity index (χ4n) is 3.82. The van der Waals surface area contributed by atoms with Gasteiger partial charge < -0.3 is 10.3 Å². The molecule has 0 radical (unpaired) electrons. The molecule has 1 amide bonds. The van der Waals surface area contributed by atoms with E-state index in [1.54, 1.807) is 17.9 Å². The highest BCUT2D eigenvalue weighted by Gasteiger charge is 2.17. The van der Waals surface area contributed by atoms with E-state index in [1.807, 2.05) is 30.5 Å². The summed E-state index contributed by atoms with van der Waals surface area (Å²) in [7, 11) is 1.79. The topological polar surface area (TPSA) is 91.4 Å². The first kappa shape index (κ1) is 18.2. The van der Waals surface area contributed by atoms with Crippen LogP contribution in [0.25, 0.3) is 32.9 Å². The normalized spacial score (nSPS) is 11.6. The molecule has 0 unspecified atom stereocenters. The summed E-state index contributed by atoms with van der Waals surface area (Å²) in [6.45, 7) is 4.12. The summed E-state index contributed by atoms with van der Waals surface area (Å²) in [6.07, 6.45) is 3.66. The van der Waals surface area contributed by atoms with Gasteiger partial charge in [0.25, 0.3) is 5.91 Å². The second-order valence-corrected chi connectivity index (χ2v) is 7.79. The molecule has 30 heavy (non-hydrogen) atoms. The van der Waals surface area contributed by atoms with Crippen molar-refractivity contribution in [1.29, 1.82) is 0 Å². The number of hydrogen-bond acceptors (Lipinski definition) is 3. The maximum atomic E-state index is 13.0. The summed E-state index contributed by atoms with van der Waals surface area (Å²) in [5.41, 5.74) is 6.14. The van der Waals surface area contributed by atoms with Gasteiger partial charge in [-0.25, -0.2) is 0 Å². The molecule has 0 aliphatic heterocycles. The highest BCUT2D eigenvalue weighted by Crippen LogP contribution is 2.34. The third-order valence-corrected chi connectivity index (χ3v) is 5.44. The lowest BCUT2D eigenvalue weighted by Gasteiger charge is -2.10. The number of rotatable bonds is 4. The first-order chi connectivity index (χ1) is 14.5. The predicted octanol–water partition coefficient (Wildman–Crippen LogP) is 4.82. The van der Waals surface area contributed by atoms with E-state index in [4.69, 9.17) is 0 Å². The molecule has 0 atom stereocenters. The number of carbonyl (C=O) groups is 1. The highest BCUT2D eigenvalue weighted by atomic mass is 16.2. The van der Waals surface area contributed by atoms with E-state index in [0.717, 1.165) is 38.6 Å². The Balaban J connectivity index is 1.59. The largest absolute Gasteiger partial charge is 0.361 e. The Morgan fingerprint density at radius 2 is 1.97 bits per heavy atom. The van der Waals surface area contributed by atoms with Gasteiger partial charge >= 0.3 is 0 Å². The van der Waals surface area contributed by atoms with Gasteiger partial charge in [-0.15, -0.1) is 0 Å². The van der Waals surface area contributed by atoms with E-state index in [9.17, 15) is 4.79 Å². The average molecular weight is 398 g/mol. The van der Waals surface area contributed by atoms with E-state index >= 15 is 0 Å². The molecule has 0 bridgehead atoms. The molecule has 7 nitrogen and oxygen atoms in total. The number of amides is 1. The number of aromatic amines is 2. The number of H-pyrrole nitrogens is 2. The Labute approximate surface area is 173 Å². The third kappa shape index (κ3) is 2.95. The van der Waals surface area contributed by atoms with Crippen LogP contribution in [0.3, 0.4) is 0 Å². The van der Waals surface area contributed by atoms with Gasteiger partial charge in [-0.2, -0.15) is 10.2 Å². The Morgan fingerprint density at radius 3 is 2.77 bits per heavy atom. The molecular weight excluding hydrogens is 376 g/mol. The number of carbonyl (C=O) groups excluding carboxylic acids is 1. The van der Waals surface area contributed by atoms with E-state index in [0.29, 0.717) is 11.4 Å². The van der Waals surface area contributed by atoms with Gasteiger partial charge in [0.15, 0.2) is 0 Å². The SMILES string of the molecule is CC(C)c1cc(C(=O)Nc2cc(-c3cccc4[nH]ccc34)cc3[nH]ncc23)n(C)n1. The number of aromatic nitrogens is 5. The van der Waals surface area contributed by atoms with Crippen LogP contribution in [0.5, 0.6) is 0 Å². The standard InChI is InChI=1S/C23H22N6O/c1-13(2)19-11-22(29(3)28-19)23(30)26-20-9-14(10-21-17(20)12-25-27-21)15-5-4-6-18-16(15)7-8-24-18/h4-13,24H,1-3H3,(H,25,27)(H,26,30). The zero-order chi connectivity index (χ0) is 20.8. The van der Waals surface area contributed by atoms with Crippen molar-refractivity contribution in [2.45, 2.75) is 19.8 Å².